The van der Waals surface area contributed by atoms with E-state index in [1.54, 1.807) is 24.3 Å². The summed E-state index contributed by atoms with van der Waals surface area (Å²) in [5.74, 6) is -0.126. The van der Waals surface area contributed by atoms with Crippen molar-refractivity contribution in [3.8, 4) is 5.75 Å². The Hall–Kier alpha value is -1.59. The summed E-state index contributed by atoms with van der Waals surface area (Å²) in [5.41, 5.74) is 0.757. The Morgan fingerprint density at radius 3 is 2.32 bits per heavy atom. The second kappa shape index (κ2) is 9.35. The maximum Gasteiger partial charge on any atom is 0.307 e. The third-order valence-corrected chi connectivity index (χ3v) is 2.35. The summed E-state index contributed by atoms with van der Waals surface area (Å²) >= 11 is 0. The van der Waals surface area contributed by atoms with Crippen molar-refractivity contribution >= 4 is 5.97 Å². The number of ether oxygens (including phenoxy) is 3. The van der Waals surface area contributed by atoms with E-state index in [2.05, 4.69) is 0 Å². The molecule has 5 heteroatoms. The van der Waals surface area contributed by atoms with Gasteiger partial charge in [0.15, 0.2) is 0 Å². The molecule has 19 heavy (non-hydrogen) atoms. The van der Waals surface area contributed by atoms with E-state index >= 15 is 0 Å². The van der Waals surface area contributed by atoms with Crippen molar-refractivity contribution in [3.05, 3.63) is 29.8 Å². The Morgan fingerprint density at radius 1 is 1.05 bits per heavy atom. The Balaban J connectivity index is 2.14. The van der Waals surface area contributed by atoms with Crippen LogP contribution < -0.4 is 4.74 Å². The van der Waals surface area contributed by atoms with Gasteiger partial charge in [-0.1, -0.05) is 12.1 Å². The topological polar surface area (TPSA) is 65.0 Å². The fourth-order valence-electron chi connectivity index (χ4n) is 1.46. The van der Waals surface area contributed by atoms with E-state index in [1.165, 1.54) is 0 Å². The highest BCUT2D eigenvalue weighted by Crippen LogP contribution is 2.12. The summed E-state index contributed by atoms with van der Waals surface area (Å²) in [5, 5.41) is 8.64. The molecule has 0 aliphatic carbocycles. The van der Waals surface area contributed by atoms with E-state index < -0.39 is 5.97 Å². The smallest absolute Gasteiger partial charge is 0.307 e. The van der Waals surface area contributed by atoms with Crippen LogP contribution in [0.5, 0.6) is 5.75 Å². The van der Waals surface area contributed by atoms with Gasteiger partial charge in [-0.15, -0.1) is 0 Å². The first-order valence-electron chi connectivity index (χ1n) is 6.31. The lowest BCUT2D eigenvalue weighted by atomic mass is 10.1. The number of aliphatic carboxylic acids is 1. The minimum absolute atomic E-state index is 0.0286. The van der Waals surface area contributed by atoms with Gasteiger partial charge in [-0.3, -0.25) is 4.79 Å². The molecule has 5 nitrogen and oxygen atoms in total. The van der Waals surface area contributed by atoms with Crippen molar-refractivity contribution in [1.82, 2.24) is 0 Å². The predicted molar refractivity (Wildman–Crippen MR) is 70.6 cm³/mol. The van der Waals surface area contributed by atoms with Crippen LogP contribution in [0.1, 0.15) is 12.5 Å². The number of hydrogen-bond acceptors (Lipinski definition) is 4. The molecule has 0 saturated heterocycles. The molecule has 0 unspecified atom stereocenters. The van der Waals surface area contributed by atoms with Crippen molar-refractivity contribution in [2.45, 2.75) is 13.3 Å². The van der Waals surface area contributed by atoms with Gasteiger partial charge >= 0.3 is 5.97 Å². The van der Waals surface area contributed by atoms with Crippen LogP contribution in [0.15, 0.2) is 24.3 Å². The molecular formula is C14H20O5. The minimum atomic E-state index is -0.837. The molecule has 0 saturated carbocycles. The van der Waals surface area contributed by atoms with Crippen LogP contribution in [0.2, 0.25) is 0 Å². The zero-order valence-electron chi connectivity index (χ0n) is 11.1. The van der Waals surface area contributed by atoms with E-state index in [-0.39, 0.29) is 6.42 Å². The molecule has 1 aromatic rings. The Kier molecular flexibility index (Phi) is 7.62. The Morgan fingerprint density at radius 2 is 1.68 bits per heavy atom. The van der Waals surface area contributed by atoms with Crippen LogP contribution in [-0.2, 0) is 20.7 Å². The number of carboxylic acid groups (broad SMARTS) is 1. The van der Waals surface area contributed by atoms with Crippen molar-refractivity contribution in [3.63, 3.8) is 0 Å². The van der Waals surface area contributed by atoms with Crippen LogP contribution in [0.3, 0.4) is 0 Å². The van der Waals surface area contributed by atoms with Crippen molar-refractivity contribution in [1.29, 1.82) is 0 Å². The Bertz CT molecular complexity index is 361. The number of carbonyl (C=O) groups is 1. The molecular weight excluding hydrogens is 248 g/mol. The fraction of sp³-hybridized carbons (Fsp3) is 0.500. The number of carboxylic acids is 1. The highest BCUT2D eigenvalue weighted by Gasteiger charge is 2.00. The standard InChI is InChI=1S/C14H20O5/c1-2-17-7-8-18-9-10-19-13-5-3-12(4-6-13)11-14(15)16/h3-6H,2,7-11H2,1H3,(H,15,16). The molecule has 0 heterocycles. The van der Waals surface area contributed by atoms with Gasteiger partial charge in [0.05, 0.1) is 26.2 Å². The van der Waals surface area contributed by atoms with Crippen LogP contribution >= 0.6 is 0 Å². The first-order valence-corrected chi connectivity index (χ1v) is 6.31. The first kappa shape index (κ1) is 15.5. The highest BCUT2D eigenvalue weighted by molar-refractivity contribution is 5.70. The Labute approximate surface area is 113 Å². The van der Waals surface area contributed by atoms with E-state index in [1.807, 2.05) is 6.92 Å². The summed E-state index contributed by atoms with van der Waals surface area (Å²) in [6, 6.07) is 7.02. The van der Waals surface area contributed by atoms with Crippen molar-refractivity contribution in [2.24, 2.45) is 0 Å². The van der Waals surface area contributed by atoms with Gasteiger partial charge < -0.3 is 19.3 Å². The average molecular weight is 268 g/mol. The molecule has 0 aliphatic rings. The molecule has 1 N–H and O–H groups in total. The van der Waals surface area contributed by atoms with E-state index in [4.69, 9.17) is 19.3 Å². The molecule has 0 aliphatic heterocycles. The number of benzene rings is 1. The molecule has 1 rings (SSSR count). The molecule has 0 fully saturated rings. The minimum Gasteiger partial charge on any atom is -0.491 e. The summed E-state index contributed by atoms with van der Waals surface area (Å²) < 4.78 is 15.9. The molecule has 106 valence electrons. The van der Waals surface area contributed by atoms with Gasteiger partial charge in [-0.2, -0.15) is 0 Å². The normalized spacial score (nSPS) is 10.4. The average Bonchev–Trinajstić information content (AvgIpc) is 2.39. The zero-order valence-corrected chi connectivity index (χ0v) is 11.1. The van der Waals surface area contributed by atoms with Gasteiger partial charge in [0.25, 0.3) is 0 Å². The van der Waals surface area contributed by atoms with Crippen LogP contribution in [0.25, 0.3) is 0 Å². The van der Waals surface area contributed by atoms with Gasteiger partial charge in [-0.25, -0.2) is 0 Å². The molecule has 0 atom stereocenters. The summed E-state index contributed by atoms with van der Waals surface area (Å²) in [7, 11) is 0. The third-order valence-electron chi connectivity index (χ3n) is 2.35. The zero-order chi connectivity index (χ0) is 13.9. The van der Waals surface area contributed by atoms with Crippen LogP contribution in [-0.4, -0.2) is 44.1 Å². The third kappa shape index (κ3) is 7.43. The van der Waals surface area contributed by atoms with Crippen LogP contribution in [0.4, 0.5) is 0 Å². The summed E-state index contributed by atoms with van der Waals surface area (Å²) in [4.78, 5) is 10.5. The second-order valence-corrected chi connectivity index (χ2v) is 3.87. The van der Waals surface area contributed by atoms with E-state index in [0.29, 0.717) is 38.8 Å². The molecule has 0 spiro atoms. The second-order valence-electron chi connectivity index (χ2n) is 3.87. The molecule has 0 radical (unpaired) electrons. The predicted octanol–water partition coefficient (Wildman–Crippen LogP) is 1.75. The molecule has 0 bridgehead atoms. The van der Waals surface area contributed by atoms with Gasteiger partial charge in [-0.05, 0) is 24.6 Å². The van der Waals surface area contributed by atoms with Crippen LogP contribution in [0, 0.1) is 0 Å². The van der Waals surface area contributed by atoms with Crippen molar-refractivity contribution < 1.29 is 24.1 Å². The SMILES string of the molecule is CCOCCOCCOc1ccc(CC(=O)O)cc1. The molecule has 0 aromatic heterocycles. The highest BCUT2D eigenvalue weighted by atomic mass is 16.5. The number of rotatable bonds is 10. The summed E-state index contributed by atoms with van der Waals surface area (Å²) in [6.07, 6.45) is 0.0286. The lowest BCUT2D eigenvalue weighted by Gasteiger charge is -2.07. The van der Waals surface area contributed by atoms with Gasteiger partial charge in [0.2, 0.25) is 0 Å². The van der Waals surface area contributed by atoms with Crippen molar-refractivity contribution in [2.75, 3.05) is 33.0 Å². The van der Waals surface area contributed by atoms with E-state index in [9.17, 15) is 4.79 Å². The monoisotopic (exact) mass is 268 g/mol. The quantitative estimate of drug-likeness (QED) is 0.655. The maximum absolute atomic E-state index is 10.5. The van der Waals surface area contributed by atoms with Gasteiger partial charge in [0.1, 0.15) is 12.4 Å². The lowest BCUT2D eigenvalue weighted by Crippen LogP contribution is -2.10. The fourth-order valence-corrected chi connectivity index (χ4v) is 1.46. The maximum atomic E-state index is 10.5. The summed E-state index contributed by atoms with van der Waals surface area (Å²) in [6.45, 7) is 4.77. The lowest BCUT2D eigenvalue weighted by molar-refractivity contribution is -0.136. The largest absolute Gasteiger partial charge is 0.491 e. The molecule has 0 amide bonds. The molecule has 1 aromatic carbocycles. The first-order chi connectivity index (χ1) is 9.22. The van der Waals surface area contributed by atoms with E-state index in [0.717, 1.165) is 5.56 Å². The van der Waals surface area contributed by atoms with Gasteiger partial charge in [0, 0.05) is 6.61 Å². The number of hydrogen-bond donors (Lipinski definition) is 1.